The molecule has 3 heterocycles. The lowest BCUT2D eigenvalue weighted by Crippen LogP contribution is -2.42. The zero-order valence-corrected chi connectivity index (χ0v) is 13.8. The molecule has 0 aromatic carbocycles. The van der Waals surface area contributed by atoms with Gasteiger partial charge in [-0.2, -0.15) is 4.98 Å². The summed E-state index contributed by atoms with van der Waals surface area (Å²) >= 11 is 0. The standard InChI is InChI=1S/C17H20N4O3/c1-11-9-16(20-12(2)19-11)24-14-5-7-21(8-6-14)17(23)13-3-4-15(22)18-10-13/h3-4,9-10,14H,5-8H2,1-2H3,(H,18,22). The van der Waals surface area contributed by atoms with Gasteiger partial charge in [-0.1, -0.05) is 0 Å². The van der Waals surface area contributed by atoms with Crippen LogP contribution in [-0.4, -0.2) is 45.0 Å². The number of aryl methyl sites for hydroxylation is 2. The first-order valence-corrected chi connectivity index (χ1v) is 7.98. The van der Waals surface area contributed by atoms with Gasteiger partial charge in [-0.3, -0.25) is 9.59 Å². The lowest BCUT2D eigenvalue weighted by Gasteiger charge is -2.32. The molecule has 1 aliphatic rings. The SMILES string of the molecule is Cc1cc(OC2CCN(C(=O)c3ccc(=O)[nH]c3)CC2)nc(C)n1. The van der Waals surface area contributed by atoms with E-state index in [2.05, 4.69) is 15.0 Å². The van der Waals surface area contributed by atoms with Crippen molar-refractivity contribution in [3.05, 3.63) is 51.8 Å². The fourth-order valence-corrected chi connectivity index (χ4v) is 2.82. The van der Waals surface area contributed by atoms with Crippen LogP contribution >= 0.6 is 0 Å². The molecule has 0 saturated carbocycles. The van der Waals surface area contributed by atoms with Crippen molar-refractivity contribution < 1.29 is 9.53 Å². The van der Waals surface area contributed by atoms with E-state index < -0.39 is 0 Å². The first-order chi connectivity index (χ1) is 11.5. The van der Waals surface area contributed by atoms with Gasteiger partial charge in [0, 0.05) is 50.0 Å². The number of amides is 1. The highest BCUT2D eigenvalue weighted by Gasteiger charge is 2.25. The molecule has 1 aliphatic heterocycles. The number of nitrogens with one attached hydrogen (secondary N) is 1. The van der Waals surface area contributed by atoms with Gasteiger partial charge in [0.25, 0.3) is 5.91 Å². The number of nitrogens with zero attached hydrogens (tertiary/aromatic N) is 3. The molecule has 0 radical (unpaired) electrons. The lowest BCUT2D eigenvalue weighted by molar-refractivity contribution is 0.0587. The van der Waals surface area contributed by atoms with Gasteiger partial charge in [0.05, 0.1) is 5.56 Å². The predicted octanol–water partition coefficient (Wildman–Crippen LogP) is 1.47. The number of piperidine rings is 1. The highest BCUT2D eigenvalue weighted by molar-refractivity contribution is 5.93. The van der Waals surface area contributed by atoms with Crippen molar-refractivity contribution in [3.8, 4) is 5.88 Å². The second-order valence-electron chi connectivity index (χ2n) is 5.95. The first-order valence-electron chi connectivity index (χ1n) is 7.98. The van der Waals surface area contributed by atoms with E-state index in [1.165, 1.54) is 12.3 Å². The number of pyridine rings is 1. The summed E-state index contributed by atoms with van der Waals surface area (Å²) in [5.41, 5.74) is 1.16. The zero-order chi connectivity index (χ0) is 17.1. The Morgan fingerprint density at radius 2 is 2.00 bits per heavy atom. The average molecular weight is 328 g/mol. The quantitative estimate of drug-likeness (QED) is 0.921. The van der Waals surface area contributed by atoms with E-state index in [-0.39, 0.29) is 17.6 Å². The Bertz CT molecular complexity index is 754. The molecule has 2 aromatic rings. The third kappa shape index (κ3) is 3.79. The van der Waals surface area contributed by atoms with E-state index in [1.54, 1.807) is 11.0 Å². The lowest BCUT2D eigenvalue weighted by atomic mass is 10.1. The molecule has 1 saturated heterocycles. The Labute approximate surface area is 139 Å². The molecule has 1 fully saturated rings. The number of rotatable bonds is 3. The van der Waals surface area contributed by atoms with E-state index in [0.717, 1.165) is 18.5 Å². The van der Waals surface area contributed by atoms with Gasteiger partial charge < -0.3 is 14.6 Å². The zero-order valence-electron chi connectivity index (χ0n) is 13.8. The summed E-state index contributed by atoms with van der Waals surface area (Å²) in [5.74, 6) is 1.21. The van der Waals surface area contributed by atoms with E-state index in [0.29, 0.717) is 30.4 Å². The average Bonchev–Trinajstić information content (AvgIpc) is 2.55. The molecule has 24 heavy (non-hydrogen) atoms. The number of carbonyl (C=O) groups is 1. The second kappa shape index (κ2) is 6.82. The summed E-state index contributed by atoms with van der Waals surface area (Å²) < 4.78 is 5.93. The van der Waals surface area contributed by atoms with Gasteiger partial charge in [0.2, 0.25) is 11.4 Å². The Balaban J connectivity index is 1.58. The highest BCUT2D eigenvalue weighted by atomic mass is 16.5. The van der Waals surface area contributed by atoms with Crippen LogP contribution in [-0.2, 0) is 0 Å². The van der Waals surface area contributed by atoms with E-state index in [9.17, 15) is 9.59 Å². The topological polar surface area (TPSA) is 88.2 Å². The minimum atomic E-state index is -0.214. The van der Waals surface area contributed by atoms with E-state index in [1.807, 2.05) is 19.9 Å². The van der Waals surface area contributed by atoms with Crippen LogP contribution in [0.5, 0.6) is 5.88 Å². The monoisotopic (exact) mass is 328 g/mol. The molecule has 0 bridgehead atoms. The van der Waals surface area contributed by atoms with Crippen LogP contribution in [0.15, 0.2) is 29.2 Å². The summed E-state index contributed by atoms with van der Waals surface area (Å²) in [6.07, 6.45) is 2.99. The fourth-order valence-electron chi connectivity index (χ4n) is 2.82. The molecule has 2 aromatic heterocycles. The molecular weight excluding hydrogens is 308 g/mol. The van der Waals surface area contributed by atoms with Gasteiger partial charge in [0.1, 0.15) is 11.9 Å². The first kappa shape index (κ1) is 16.2. The predicted molar refractivity (Wildman–Crippen MR) is 88.1 cm³/mol. The molecule has 126 valence electrons. The number of carbonyl (C=O) groups excluding carboxylic acids is 1. The molecular formula is C17H20N4O3. The third-order valence-electron chi connectivity index (χ3n) is 3.99. The normalized spacial score (nSPS) is 15.3. The van der Waals surface area contributed by atoms with E-state index >= 15 is 0 Å². The third-order valence-corrected chi connectivity index (χ3v) is 3.99. The van der Waals surface area contributed by atoms with Gasteiger partial charge in [-0.15, -0.1) is 0 Å². The number of hydrogen-bond acceptors (Lipinski definition) is 5. The summed E-state index contributed by atoms with van der Waals surface area (Å²) in [4.78, 5) is 36.3. The van der Waals surface area contributed by atoms with Gasteiger partial charge in [-0.05, 0) is 19.9 Å². The molecule has 0 atom stereocenters. The van der Waals surface area contributed by atoms with Crippen molar-refractivity contribution in [3.63, 3.8) is 0 Å². The van der Waals surface area contributed by atoms with E-state index in [4.69, 9.17) is 4.74 Å². The Hall–Kier alpha value is -2.70. The molecule has 7 nitrogen and oxygen atoms in total. The van der Waals surface area contributed by atoms with Crippen LogP contribution in [0.25, 0.3) is 0 Å². The summed E-state index contributed by atoms with van der Waals surface area (Å²) in [7, 11) is 0. The highest BCUT2D eigenvalue weighted by Crippen LogP contribution is 2.19. The Kier molecular flexibility index (Phi) is 4.59. The number of aromatic amines is 1. The molecule has 0 aliphatic carbocycles. The van der Waals surface area contributed by atoms with Gasteiger partial charge in [0.15, 0.2) is 0 Å². The smallest absolute Gasteiger partial charge is 0.255 e. The van der Waals surface area contributed by atoms with Crippen molar-refractivity contribution in [1.29, 1.82) is 0 Å². The Morgan fingerprint density at radius 1 is 1.25 bits per heavy atom. The minimum Gasteiger partial charge on any atom is -0.474 e. The van der Waals surface area contributed by atoms with Crippen molar-refractivity contribution in [2.75, 3.05) is 13.1 Å². The molecule has 1 amide bonds. The van der Waals surface area contributed by atoms with Gasteiger partial charge in [-0.25, -0.2) is 4.98 Å². The van der Waals surface area contributed by atoms with Crippen molar-refractivity contribution in [1.82, 2.24) is 19.9 Å². The van der Waals surface area contributed by atoms with Crippen LogP contribution < -0.4 is 10.3 Å². The van der Waals surface area contributed by atoms with Crippen LogP contribution in [0.3, 0.4) is 0 Å². The van der Waals surface area contributed by atoms with Crippen LogP contribution in [0.1, 0.15) is 34.7 Å². The van der Waals surface area contributed by atoms with Crippen LogP contribution in [0.4, 0.5) is 0 Å². The molecule has 1 N–H and O–H groups in total. The number of hydrogen-bond donors (Lipinski definition) is 1. The Morgan fingerprint density at radius 3 is 2.62 bits per heavy atom. The number of H-pyrrole nitrogens is 1. The molecule has 0 spiro atoms. The summed E-state index contributed by atoms with van der Waals surface area (Å²) in [6.45, 7) is 4.98. The van der Waals surface area contributed by atoms with Crippen LogP contribution in [0, 0.1) is 13.8 Å². The molecule has 7 heteroatoms. The van der Waals surface area contributed by atoms with Gasteiger partial charge >= 0.3 is 0 Å². The number of ether oxygens (including phenoxy) is 1. The summed E-state index contributed by atoms with van der Waals surface area (Å²) in [6, 6.07) is 4.74. The van der Waals surface area contributed by atoms with Crippen molar-refractivity contribution in [2.24, 2.45) is 0 Å². The largest absolute Gasteiger partial charge is 0.474 e. The maximum atomic E-state index is 12.4. The van der Waals surface area contributed by atoms with Crippen molar-refractivity contribution >= 4 is 5.91 Å². The minimum absolute atomic E-state index is 0.0401. The number of likely N-dealkylation sites (tertiary alicyclic amines) is 1. The molecule has 3 rings (SSSR count). The van der Waals surface area contributed by atoms with Crippen molar-refractivity contribution in [2.45, 2.75) is 32.8 Å². The van der Waals surface area contributed by atoms with Crippen LogP contribution in [0.2, 0.25) is 0 Å². The maximum Gasteiger partial charge on any atom is 0.255 e. The second-order valence-corrected chi connectivity index (χ2v) is 5.95. The maximum absolute atomic E-state index is 12.4. The molecule has 0 unspecified atom stereocenters. The number of aromatic nitrogens is 3. The summed E-state index contributed by atoms with van der Waals surface area (Å²) in [5, 5.41) is 0. The fraction of sp³-hybridized carbons (Fsp3) is 0.412.